The van der Waals surface area contributed by atoms with Gasteiger partial charge >= 0.3 is 15.6 Å². The first kappa shape index (κ1) is 25.1. The molecule has 0 atom stereocenters. The molecule has 0 aromatic heterocycles. The van der Waals surface area contributed by atoms with Crippen molar-refractivity contribution in [3.63, 3.8) is 0 Å². The van der Waals surface area contributed by atoms with Gasteiger partial charge in [-0.1, -0.05) is 60.7 Å². The predicted molar refractivity (Wildman–Crippen MR) is 124 cm³/mol. The third-order valence-corrected chi connectivity index (χ3v) is 6.02. The summed E-state index contributed by atoms with van der Waals surface area (Å²) in [6, 6.07) is 20.4. The number of alkyl halides is 3. The standard InChI is InChI=1S/C25H16F5NO4S/c1-34-24-21-17(13-19(26)22(24)27)12-18(14-20(21)35-36(32,33)25(28,29)30)31-23(15-8-4-2-5-9-15)16-10-6-3-7-11-16/h2-14H,1H3. The minimum atomic E-state index is -6.16. The molecule has 0 N–H and O–H groups in total. The number of ether oxygens (including phenoxy) is 1. The predicted octanol–water partition coefficient (Wildman–Crippen LogP) is 6.52. The Hall–Kier alpha value is -3.99. The van der Waals surface area contributed by atoms with Crippen LogP contribution in [0.25, 0.3) is 10.8 Å². The fourth-order valence-corrected chi connectivity index (χ4v) is 3.96. The van der Waals surface area contributed by atoms with Crippen LogP contribution in [0.5, 0.6) is 11.5 Å². The molecule has 36 heavy (non-hydrogen) atoms. The lowest BCUT2D eigenvalue weighted by Gasteiger charge is -2.15. The van der Waals surface area contributed by atoms with Gasteiger partial charge in [-0.25, -0.2) is 9.38 Å². The number of hydrogen-bond donors (Lipinski definition) is 0. The number of methoxy groups -OCH3 is 1. The normalized spacial score (nSPS) is 11.8. The lowest BCUT2D eigenvalue weighted by atomic mass is 10.0. The Morgan fingerprint density at radius 3 is 1.92 bits per heavy atom. The molecule has 0 amide bonds. The minimum absolute atomic E-state index is 0.0781. The maximum absolute atomic E-state index is 14.4. The van der Waals surface area contributed by atoms with E-state index in [9.17, 15) is 30.4 Å². The summed E-state index contributed by atoms with van der Waals surface area (Å²) in [7, 11) is -5.21. The Balaban J connectivity index is 2.03. The van der Waals surface area contributed by atoms with E-state index in [1.807, 2.05) is 0 Å². The highest BCUT2D eigenvalue weighted by Gasteiger charge is 2.49. The fourth-order valence-electron chi connectivity index (χ4n) is 3.50. The van der Waals surface area contributed by atoms with Crippen molar-refractivity contribution in [3.8, 4) is 11.5 Å². The number of fused-ring (bicyclic) bond motifs is 1. The van der Waals surface area contributed by atoms with E-state index in [2.05, 4.69) is 9.18 Å². The zero-order valence-electron chi connectivity index (χ0n) is 18.4. The largest absolute Gasteiger partial charge is 0.534 e. The molecule has 4 aromatic rings. The minimum Gasteiger partial charge on any atom is -0.493 e. The van der Waals surface area contributed by atoms with Gasteiger partial charge in [0, 0.05) is 17.2 Å². The lowest BCUT2D eigenvalue weighted by molar-refractivity contribution is -0.0499. The molecule has 0 bridgehead atoms. The van der Waals surface area contributed by atoms with Crippen molar-refractivity contribution < 1.29 is 39.3 Å². The van der Waals surface area contributed by atoms with Gasteiger partial charge in [-0.05, 0) is 17.5 Å². The summed E-state index contributed by atoms with van der Waals surface area (Å²) in [4.78, 5) is 4.51. The second-order valence-corrected chi connectivity index (χ2v) is 8.96. The summed E-state index contributed by atoms with van der Waals surface area (Å²) in [5.41, 5.74) is -4.20. The molecule has 0 fully saturated rings. The Bertz CT molecular complexity index is 1510. The van der Waals surface area contributed by atoms with Gasteiger partial charge in [0.1, 0.15) is 0 Å². The molecule has 0 spiro atoms. The average Bonchev–Trinajstić information content (AvgIpc) is 2.84. The van der Waals surface area contributed by atoms with Crippen molar-refractivity contribution in [2.45, 2.75) is 5.51 Å². The van der Waals surface area contributed by atoms with Crippen LogP contribution in [0.1, 0.15) is 11.1 Å². The summed E-state index contributed by atoms with van der Waals surface area (Å²) in [6.45, 7) is 0. The van der Waals surface area contributed by atoms with E-state index in [-0.39, 0.29) is 11.1 Å². The average molecular weight is 521 g/mol. The van der Waals surface area contributed by atoms with Gasteiger partial charge < -0.3 is 8.92 Å². The van der Waals surface area contributed by atoms with Gasteiger partial charge in [-0.15, -0.1) is 0 Å². The number of rotatable bonds is 6. The summed E-state index contributed by atoms with van der Waals surface area (Å²) in [5, 5.41) is -0.705. The van der Waals surface area contributed by atoms with Crippen molar-refractivity contribution in [2.75, 3.05) is 7.11 Å². The molecule has 0 heterocycles. The molecular formula is C25H16F5NO4S. The van der Waals surface area contributed by atoms with Crippen molar-refractivity contribution in [3.05, 3.63) is 102 Å². The van der Waals surface area contributed by atoms with E-state index < -0.39 is 44.1 Å². The second kappa shape index (κ2) is 9.57. The molecule has 5 nitrogen and oxygen atoms in total. The SMILES string of the molecule is COc1c(F)c(F)cc2cc(N=C(c3ccccc3)c3ccccc3)cc(OS(=O)(=O)C(F)(F)F)c12. The van der Waals surface area contributed by atoms with E-state index in [0.29, 0.717) is 22.9 Å². The van der Waals surface area contributed by atoms with Crippen LogP contribution in [0.15, 0.2) is 83.9 Å². The van der Waals surface area contributed by atoms with Gasteiger partial charge in [0.05, 0.1) is 23.9 Å². The van der Waals surface area contributed by atoms with Crippen LogP contribution in [0.4, 0.5) is 27.6 Å². The second-order valence-electron chi connectivity index (χ2n) is 7.42. The Morgan fingerprint density at radius 1 is 0.861 bits per heavy atom. The third-order valence-electron chi connectivity index (χ3n) is 5.06. The molecule has 186 valence electrons. The van der Waals surface area contributed by atoms with Crippen LogP contribution in [0, 0.1) is 11.6 Å². The third kappa shape index (κ3) is 4.87. The molecule has 0 radical (unpaired) electrons. The van der Waals surface area contributed by atoms with Gasteiger partial charge in [0.2, 0.25) is 5.82 Å². The maximum Gasteiger partial charge on any atom is 0.534 e. The van der Waals surface area contributed by atoms with E-state index in [0.717, 1.165) is 13.2 Å². The number of halogens is 5. The molecule has 11 heteroatoms. The Labute approximate surface area is 202 Å². The van der Waals surface area contributed by atoms with Crippen LogP contribution >= 0.6 is 0 Å². The summed E-state index contributed by atoms with van der Waals surface area (Å²) in [5.74, 6) is -4.64. The van der Waals surface area contributed by atoms with Crippen LogP contribution in [0.2, 0.25) is 0 Å². The number of hydrogen-bond acceptors (Lipinski definition) is 5. The number of aliphatic imine (C=N–C) groups is 1. The van der Waals surface area contributed by atoms with Crippen molar-refractivity contribution in [2.24, 2.45) is 4.99 Å². The van der Waals surface area contributed by atoms with E-state index in [4.69, 9.17) is 4.74 Å². The van der Waals surface area contributed by atoms with E-state index in [1.165, 1.54) is 6.07 Å². The zero-order chi connectivity index (χ0) is 26.1. The van der Waals surface area contributed by atoms with Crippen LogP contribution in [-0.2, 0) is 10.1 Å². The van der Waals surface area contributed by atoms with Crippen LogP contribution < -0.4 is 8.92 Å². The topological polar surface area (TPSA) is 65.0 Å². The van der Waals surface area contributed by atoms with Crippen molar-refractivity contribution in [1.29, 1.82) is 0 Å². The van der Waals surface area contributed by atoms with Gasteiger partial charge in [0.15, 0.2) is 17.3 Å². The highest BCUT2D eigenvalue weighted by molar-refractivity contribution is 7.88. The van der Waals surface area contributed by atoms with E-state index >= 15 is 0 Å². The molecule has 4 aromatic carbocycles. The molecular weight excluding hydrogens is 505 g/mol. The van der Waals surface area contributed by atoms with Gasteiger partial charge in [0.25, 0.3) is 0 Å². The molecule has 0 unspecified atom stereocenters. The maximum atomic E-state index is 14.4. The molecule has 0 saturated heterocycles. The van der Waals surface area contributed by atoms with Crippen LogP contribution in [0.3, 0.4) is 0 Å². The first-order valence-electron chi connectivity index (χ1n) is 10.2. The molecule has 0 aliphatic heterocycles. The highest BCUT2D eigenvalue weighted by atomic mass is 32.2. The van der Waals surface area contributed by atoms with Gasteiger partial charge in [-0.2, -0.15) is 26.0 Å². The Morgan fingerprint density at radius 2 is 1.42 bits per heavy atom. The fraction of sp³-hybridized carbons (Fsp3) is 0.0800. The summed E-state index contributed by atoms with van der Waals surface area (Å²) in [6.07, 6.45) is 0. The highest BCUT2D eigenvalue weighted by Crippen LogP contribution is 2.42. The number of benzene rings is 4. The molecule has 0 aliphatic rings. The van der Waals surface area contributed by atoms with Gasteiger partial charge in [-0.3, -0.25) is 0 Å². The lowest BCUT2D eigenvalue weighted by Crippen LogP contribution is -2.28. The smallest absolute Gasteiger partial charge is 0.493 e. The molecule has 0 aliphatic carbocycles. The summed E-state index contributed by atoms with van der Waals surface area (Å²) >= 11 is 0. The number of nitrogens with zero attached hydrogens (tertiary/aromatic N) is 1. The first-order valence-corrected chi connectivity index (χ1v) is 11.6. The van der Waals surface area contributed by atoms with Crippen molar-refractivity contribution >= 4 is 32.3 Å². The van der Waals surface area contributed by atoms with Crippen molar-refractivity contribution in [1.82, 2.24) is 0 Å². The Kier molecular flexibility index (Phi) is 6.68. The molecule has 0 saturated carbocycles. The summed E-state index contributed by atoms with van der Waals surface area (Å²) < 4.78 is 101. The quantitative estimate of drug-likeness (QED) is 0.125. The molecule has 4 rings (SSSR count). The zero-order valence-corrected chi connectivity index (χ0v) is 19.2. The van der Waals surface area contributed by atoms with Crippen LogP contribution in [-0.4, -0.2) is 26.7 Å². The van der Waals surface area contributed by atoms with E-state index in [1.54, 1.807) is 60.7 Å². The monoisotopic (exact) mass is 521 g/mol. The first-order chi connectivity index (χ1) is 17.0.